The molecule has 0 aliphatic carbocycles. The maximum atomic E-state index is 4.10. The molecule has 0 aliphatic heterocycles. The van der Waals surface area contributed by atoms with Crippen molar-refractivity contribution in [3.05, 3.63) is 147 Å². The van der Waals surface area contributed by atoms with E-state index < -0.39 is 16.1 Å². The number of hydrogen-bond acceptors (Lipinski definition) is 0. The fourth-order valence-corrected chi connectivity index (χ4v) is 12.5. The predicted octanol–water partition coefficient (Wildman–Crippen LogP) is 6.53. The minimum absolute atomic E-state index is 0.889. The highest BCUT2D eigenvalue weighted by Gasteiger charge is 2.35. The lowest BCUT2D eigenvalue weighted by atomic mass is 10.2. The molecule has 4 aromatic carbocycles. The van der Waals surface area contributed by atoms with Crippen LogP contribution in [0.1, 0.15) is 25.7 Å². The summed E-state index contributed by atoms with van der Waals surface area (Å²) in [7, 11) is -4.49. The summed E-state index contributed by atoms with van der Waals surface area (Å²) < 4.78 is 0. The van der Waals surface area contributed by atoms with Gasteiger partial charge in [0.1, 0.15) is 0 Å². The molecule has 0 N–H and O–H groups in total. The van der Waals surface area contributed by atoms with Gasteiger partial charge in [0, 0.05) is 12.8 Å². The summed E-state index contributed by atoms with van der Waals surface area (Å²) in [6.07, 6.45) is 7.98. The summed E-state index contributed by atoms with van der Waals surface area (Å²) in [5.74, 6) is 7.20. The van der Waals surface area contributed by atoms with E-state index in [1.165, 1.54) is 20.7 Å². The third kappa shape index (κ3) is 6.91. The number of unbranched alkanes of at least 4 members (excludes halogenated alkanes) is 3. The molecule has 0 atom stereocenters. The number of hydrogen-bond donors (Lipinski definition) is 0. The average Bonchev–Trinajstić information content (AvgIpc) is 3.03. The highest BCUT2D eigenvalue weighted by Crippen LogP contribution is 2.14. The lowest BCUT2D eigenvalue weighted by Gasteiger charge is -2.26. The van der Waals surface area contributed by atoms with Gasteiger partial charge < -0.3 is 0 Å². The maximum absolute atomic E-state index is 4.10. The van der Waals surface area contributed by atoms with Gasteiger partial charge in [-0.15, -0.1) is 36.1 Å². The van der Waals surface area contributed by atoms with Crippen molar-refractivity contribution >= 4 is 36.9 Å². The van der Waals surface area contributed by atoms with Crippen molar-refractivity contribution in [2.45, 2.75) is 37.8 Å². The zero-order valence-electron chi connectivity index (χ0n) is 23.4. The summed E-state index contributed by atoms with van der Waals surface area (Å²) >= 11 is 0. The van der Waals surface area contributed by atoms with Gasteiger partial charge in [-0.05, 0) is 45.7 Å². The Morgan fingerprint density at radius 2 is 0.725 bits per heavy atom. The molecular formula is C38H38Si2. The molecule has 4 aromatic rings. The van der Waals surface area contributed by atoms with E-state index >= 15 is 0 Å². The molecule has 0 radical (unpaired) electrons. The molecular weight excluding hydrogens is 513 g/mol. The highest BCUT2D eigenvalue weighted by molar-refractivity contribution is 7.08. The second kappa shape index (κ2) is 14.9. The molecule has 40 heavy (non-hydrogen) atoms. The molecule has 4 rings (SSSR count). The molecule has 2 heteroatoms. The topological polar surface area (TPSA) is 0 Å². The van der Waals surface area contributed by atoms with Crippen LogP contribution < -0.4 is 20.7 Å². The second-order valence-electron chi connectivity index (χ2n) is 10.1. The Kier molecular flexibility index (Phi) is 10.8. The molecule has 0 amide bonds. The van der Waals surface area contributed by atoms with Gasteiger partial charge in [-0.1, -0.05) is 133 Å². The molecule has 0 saturated heterocycles. The smallest absolute Gasteiger partial charge is 0.120 e. The van der Waals surface area contributed by atoms with Crippen molar-refractivity contribution in [2.24, 2.45) is 0 Å². The third-order valence-electron chi connectivity index (χ3n) is 7.42. The number of rotatable bonds is 11. The van der Waals surface area contributed by atoms with Gasteiger partial charge in [0.05, 0.1) is 0 Å². The molecule has 0 aromatic heterocycles. The fourth-order valence-electron chi connectivity index (χ4n) is 5.37. The van der Waals surface area contributed by atoms with E-state index in [4.69, 9.17) is 0 Å². The summed E-state index contributed by atoms with van der Waals surface area (Å²) in [4.78, 5) is 0. The predicted molar refractivity (Wildman–Crippen MR) is 180 cm³/mol. The Hall–Kier alpha value is -4.09. The summed E-state index contributed by atoms with van der Waals surface area (Å²) in [6, 6.07) is 45.1. The fraction of sp³-hybridized carbons (Fsp3) is 0.158. The van der Waals surface area contributed by atoms with Crippen LogP contribution in [0.3, 0.4) is 0 Å². The molecule has 0 aliphatic rings. The van der Waals surface area contributed by atoms with Crippen LogP contribution in [0.2, 0.25) is 12.1 Å². The van der Waals surface area contributed by atoms with Crippen LogP contribution in [0.25, 0.3) is 0 Å². The van der Waals surface area contributed by atoms with Gasteiger partial charge in [-0.25, -0.2) is 0 Å². The first-order valence-electron chi connectivity index (χ1n) is 14.2. The molecule has 0 fully saturated rings. The van der Waals surface area contributed by atoms with Gasteiger partial charge in [0.2, 0.25) is 16.1 Å². The largest absolute Gasteiger partial charge is 0.202 e. The van der Waals surface area contributed by atoms with Gasteiger partial charge >= 0.3 is 0 Å². The molecule has 0 unspecified atom stereocenters. The number of allylic oxidation sites excluding steroid dienone is 2. The van der Waals surface area contributed by atoms with Crippen LogP contribution in [-0.4, -0.2) is 16.1 Å². The Labute approximate surface area is 243 Å². The SMILES string of the molecule is C=CC[Si](C#CCCCCC#C[Si](CC=C)(c1ccccc1)c1ccccc1)(c1ccccc1)c1ccccc1. The first kappa shape index (κ1) is 28.9. The summed E-state index contributed by atoms with van der Waals surface area (Å²) in [5, 5.41) is 5.41. The standard InChI is InChI=1S/C38H38Si2/c1-3-31-39(35-23-13-9-14-24-35,36-25-15-10-16-26-36)33-21-7-5-6-8-22-34-40(32-4-2,37-27-17-11-18-28-37)38-29-19-12-20-30-38/h3-4,9-20,23-30H,1-2,5-8,31-32H2. The Morgan fingerprint density at radius 1 is 0.450 bits per heavy atom. The van der Waals surface area contributed by atoms with Gasteiger partial charge in [-0.3, -0.25) is 0 Å². The highest BCUT2D eigenvalue weighted by atomic mass is 28.3. The van der Waals surface area contributed by atoms with E-state index in [-0.39, 0.29) is 0 Å². The normalized spacial score (nSPS) is 10.9. The average molecular weight is 551 g/mol. The van der Waals surface area contributed by atoms with E-state index in [9.17, 15) is 0 Å². The quantitative estimate of drug-likeness (QED) is 0.0862. The third-order valence-corrected chi connectivity index (χ3v) is 15.7. The lowest BCUT2D eigenvalue weighted by molar-refractivity contribution is 0.783. The van der Waals surface area contributed by atoms with Crippen LogP contribution in [-0.2, 0) is 0 Å². The second-order valence-corrected chi connectivity index (χ2v) is 17.3. The molecule has 0 nitrogen and oxygen atoms in total. The molecule has 0 bridgehead atoms. The van der Waals surface area contributed by atoms with Gasteiger partial charge in [0.25, 0.3) is 0 Å². The molecule has 0 saturated carbocycles. The van der Waals surface area contributed by atoms with Crippen molar-refractivity contribution < 1.29 is 0 Å². The van der Waals surface area contributed by atoms with Crippen molar-refractivity contribution in [2.75, 3.05) is 0 Å². The van der Waals surface area contributed by atoms with Gasteiger partial charge in [-0.2, -0.15) is 0 Å². The lowest BCUT2D eigenvalue weighted by Crippen LogP contribution is -2.57. The Bertz CT molecular complexity index is 1270. The minimum Gasteiger partial charge on any atom is -0.120 e. The Morgan fingerprint density at radius 3 is 0.975 bits per heavy atom. The number of benzene rings is 4. The van der Waals surface area contributed by atoms with Crippen LogP contribution in [0.15, 0.2) is 147 Å². The van der Waals surface area contributed by atoms with Crippen LogP contribution >= 0.6 is 0 Å². The molecule has 0 spiro atoms. The van der Waals surface area contributed by atoms with Crippen LogP contribution in [0, 0.1) is 22.9 Å². The van der Waals surface area contributed by atoms with Crippen molar-refractivity contribution in [1.82, 2.24) is 0 Å². The summed E-state index contributed by atoms with van der Waals surface area (Å²) in [6.45, 7) is 8.20. The van der Waals surface area contributed by atoms with E-state index in [1.54, 1.807) is 0 Å². The Balaban J connectivity index is 1.49. The van der Waals surface area contributed by atoms with Crippen molar-refractivity contribution in [3.8, 4) is 22.9 Å². The molecule has 0 heterocycles. The van der Waals surface area contributed by atoms with Crippen molar-refractivity contribution in [1.29, 1.82) is 0 Å². The van der Waals surface area contributed by atoms with Gasteiger partial charge in [0.15, 0.2) is 0 Å². The van der Waals surface area contributed by atoms with E-state index in [0.29, 0.717) is 0 Å². The molecule has 198 valence electrons. The summed E-state index contributed by atoms with van der Waals surface area (Å²) in [5.41, 5.74) is 7.64. The monoisotopic (exact) mass is 550 g/mol. The van der Waals surface area contributed by atoms with Crippen molar-refractivity contribution in [3.63, 3.8) is 0 Å². The first-order valence-corrected chi connectivity index (χ1v) is 18.6. The van der Waals surface area contributed by atoms with E-state index in [1.807, 2.05) is 0 Å². The zero-order chi connectivity index (χ0) is 27.9. The maximum Gasteiger partial charge on any atom is 0.202 e. The van der Waals surface area contributed by atoms with E-state index in [2.05, 4.69) is 170 Å². The first-order chi connectivity index (χ1) is 19.7. The van der Waals surface area contributed by atoms with Crippen LogP contribution in [0.4, 0.5) is 0 Å². The zero-order valence-corrected chi connectivity index (χ0v) is 25.4. The minimum atomic E-state index is -2.24. The van der Waals surface area contributed by atoms with Crippen LogP contribution in [0.5, 0.6) is 0 Å². The van der Waals surface area contributed by atoms with E-state index in [0.717, 1.165) is 37.8 Å².